The molecule has 4 aromatic rings. The van der Waals surface area contributed by atoms with Gasteiger partial charge in [0.2, 0.25) is 0 Å². The molecular formula is C16H10ClN. The lowest BCUT2D eigenvalue weighted by Crippen LogP contribution is -1.72. The van der Waals surface area contributed by atoms with E-state index in [2.05, 4.69) is 41.4 Å². The van der Waals surface area contributed by atoms with Crippen molar-refractivity contribution in [2.24, 2.45) is 0 Å². The van der Waals surface area contributed by atoms with Crippen LogP contribution in [0.25, 0.3) is 32.6 Å². The molecule has 1 aromatic heterocycles. The first kappa shape index (κ1) is 9.98. The molecule has 0 unspecified atom stereocenters. The highest BCUT2D eigenvalue weighted by Gasteiger charge is 2.05. The van der Waals surface area contributed by atoms with Gasteiger partial charge in [-0.25, -0.2) is 0 Å². The van der Waals surface area contributed by atoms with E-state index in [9.17, 15) is 0 Å². The van der Waals surface area contributed by atoms with Crippen molar-refractivity contribution < 1.29 is 0 Å². The molecule has 4 rings (SSSR count). The zero-order chi connectivity index (χ0) is 12.1. The molecule has 0 saturated heterocycles. The fourth-order valence-corrected chi connectivity index (χ4v) is 2.73. The van der Waals surface area contributed by atoms with Gasteiger partial charge in [0, 0.05) is 26.8 Å². The number of hydrogen-bond donors (Lipinski definition) is 1. The van der Waals surface area contributed by atoms with Crippen molar-refractivity contribution in [1.29, 1.82) is 0 Å². The summed E-state index contributed by atoms with van der Waals surface area (Å²) in [5.41, 5.74) is 2.29. The second-order valence-corrected chi connectivity index (χ2v) is 5.00. The Morgan fingerprint density at radius 3 is 2.28 bits per heavy atom. The first-order valence-electron chi connectivity index (χ1n) is 5.91. The highest BCUT2D eigenvalue weighted by Crippen LogP contribution is 2.30. The van der Waals surface area contributed by atoms with Crippen LogP contribution in [-0.4, -0.2) is 4.98 Å². The third kappa shape index (κ3) is 1.34. The van der Waals surface area contributed by atoms with E-state index in [1.165, 1.54) is 21.5 Å². The summed E-state index contributed by atoms with van der Waals surface area (Å²) in [6.45, 7) is 0. The Balaban J connectivity index is 2.25. The van der Waals surface area contributed by atoms with Crippen molar-refractivity contribution in [3.63, 3.8) is 0 Å². The van der Waals surface area contributed by atoms with Gasteiger partial charge >= 0.3 is 0 Å². The Hall–Kier alpha value is -1.99. The fraction of sp³-hybridized carbons (Fsp3) is 0. The van der Waals surface area contributed by atoms with E-state index >= 15 is 0 Å². The number of aromatic nitrogens is 1. The molecule has 0 spiro atoms. The molecule has 0 bridgehead atoms. The first-order valence-corrected chi connectivity index (χ1v) is 6.29. The van der Waals surface area contributed by atoms with Crippen molar-refractivity contribution in [2.75, 3.05) is 0 Å². The monoisotopic (exact) mass is 251 g/mol. The van der Waals surface area contributed by atoms with Crippen molar-refractivity contribution in [3.8, 4) is 0 Å². The van der Waals surface area contributed by atoms with Gasteiger partial charge in [0.15, 0.2) is 0 Å². The molecule has 86 valence electrons. The van der Waals surface area contributed by atoms with E-state index in [4.69, 9.17) is 11.6 Å². The molecular weight excluding hydrogens is 242 g/mol. The molecule has 3 aromatic carbocycles. The number of hydrogen-bond acceptors (Lipinski definition) is 0. The average Bonchev–Trinajstić information content (AvgIpc) is 2.73. The zero-order valence-corrected chi connectivity index (χ0v) is 10.3. The third-order valence-corrected chi connectivity index (χ3v) is 3.66. The number of nitrogens with one attached hydrogen (secondary N) is 1. The maximum atomic E-state index is 6.08. The van der Waals surface area contributed by atoms with Crippen LogP contribution in [0.1, 0.15) is 0 Å². The van der Waals surface area contributed by atoms with Gasteiger partial charge in [-0.1, -0.05) is 35.9 Å². The Labute approximate surface area is 109 Å². The van der Waals surface area contributed by atoms with Crippen LogP contribution in [-0.2, 0) is 0 Å². The highest BCUT2D eigenvalue weighted by molar-refractivity contribution is 6.32. The summed E-state index contributed by atoms with van der Waals surface area (Å²) in [5, 5.41) is 5.69. The van der Waals surface area contributed by atoms with Crippen molar-refractivity contribution in [3.05, 3.63) is 59.6 Å². The minimum absolute atomic E-state index is 0.775. The number of rotatable bonds is 0. The molecule has 1 N–H and O–H groups in total. The fourth-order valence-electron chi connectivity index (χ4n) is 2.56. The van der Waals surface area contributed by atoms with Crippen molar-refractivity contribution in [1.82, 2.24) is 4.98 Å². The molecule has 1 nitrogen and oxygen atoms in total. The molecule has 18 heavy (non-hydrogen) atoms. The number of fused-ring (bicyclic) bond motifs is 4. The Morgan fingerprint density at radius 1 is 0.722 bits per heavy atom. The first-order chi connectivity index (χ1) is 8.81. The highest BCUT2D eigenvalue weighted by atomic mass is 35.5. The van der Waals surface area contributed by atoms with E-state index in [0.29, 0.717) is 0 Å². The average molecular weight is 252 g/mol. The number of halogens is 1. The predicted octanol–water partition coefficient (Wildman–Crippen LogP) is 5.13. The summed E-state index contributed by atoms with van der Waals surface area (Å²) >= 11 is 6.08. The van der Waals surface area contributed by atoms with Crippen molar-refractivity contribution in [2.45, 2.75) is 0 Å². The lowest BCUT2D eigenvalue weighted by molar-refractivity contribution is 1.55. The molecule has 2 heteroatoms. The summed E-state index contributed by atoms with van der Waals surface area (Å²) in [6.07, 6.45) is 0. The zero-order valence-electron chi connectivity index (χ0n) is 9.57. The standard InChI is InChI=1S/C16H10ClN/c17-12-5-6-15-14(9-12)13-7-10-3-1-2-4-11(10)8-16(13)18-15/h1-9,18H. The van der Waals surface area contributed by atoms with Crippen molar-refractivity contribution >= 4 is 44.2 Å². The number of benzene rings is 3. The molecule has 0 aliphatic rings. The molecule has 0 amide bonds. The van der Waals surface area contributed by atoms with E-state index in [0.717, 1.165) is 16.1 Å². The third-order valence-electron chi connectivity index (χ3n) is 3.43. The maximum Gasteiger partial charge on any atom is 0.0471 e. The molecule has 0 aliphatic carbocycles. The number of H-pyrrole nitrogens is 1. The molecule has 0 aliphatic heterocycles. The largest absolute Gasteiger partial charge is 0.354 e. The number of aromatic amines is 1. The summed E-state index contributed by atoms with van der Waals surface area (Å²) in [5.74, 6) is 0. The van der Waals surface area contributed by atoms with Gasteiger partial charge in [-0.3, -0.25) is 0 Å². The minimum Gasteiger partial charge on any atom is -0.354 e. The Kier molecular flexibility index (Phi) is 1.94. The summed E-state index contributed by atoms with van der Waals surface area (Å²) in [7, 11) is 0. The van der Waals surface area contributed by atoms with Crippen LogP contribution in [0.4, 0.5) is 0 Å². The van der Waals surface area contributed by atoms with E-state index in [1.54, 1.807) is 0 Å². The predicted molar refractivity (Wildman–Crippen MR) is 78.3 cm³/mol. The molecule has 0 saturated carbocycles. The molecule has 0 atom stereocenters. The summed E-state index contributed by atoms with van der Waals surface area (Å²) in [4.78, 5) is 3.44. The van der Waals surface area contributed by atoms with Crippen LogP contribution in [0, 0.1) is 0 Å². The minimum atomic E-state index is 0.775. The van der Waals surface area contributed by atoms with Crippen LogP contribution in [0.5, 0.6) is 0 Å². The van der Waals surface area contributed by atoms with Crippen LogP contribution in [0.2, 0.25) is 5.02 Å². The van der Waals surface area contributed by atoms with Gasteiger partial charge in [-0.2, -0.15) is 0 Å². The molecule has 1 heterocycles. The quantitative estimate of drug-likeness (QED) is 0.446. The Bertz CT molecular complexity index is 889. The topological polar surface area (TPSA) is 15.8 Å². The molecule has 0 fully saturated rings. The van der Waals surface area contributed by atoms with Gasteiger partial charge in [0.05, 0.1) is 0 Å². The second kappa shape index (κ2) is 3.50. The SMILES string of the molecule is Clc1ccc2[nH]c3cc4ccccc4cc3c2c1. The summed E-state index contributed by atoms with van der Waals surface area (Å²) in [6, 6.07) is 18.8. The van der Waals surface area contributed by atoms with E-state index in [-0.39, 0.29) is 0 Å². The van der Waals surface area contributed by atoms with Gasteiger partial charge in [-0.15, -0.1) is 0 Å². The van der Waals surface area contributed by atoms with Gasteiger partial charge in [0.25, 0.3) is 0 Å². The molecule has 0 radical (unpaired) electrons. The van der Waals surface area contributed by atoms with Crippen LogP contribution in [0.15, 0.2) is 54.6 Å². The second-order valence-electron chi connectivity index (χ2n) is 4.56. The van der Waals surface area contributed by atoms with Crippen LogP contribution >= 0.6 is 11.6 Å². The smallest absolute Gasteiger partial charge is 0.0471 e. The maximum absolute atomic E-state index is 6.08. The van der Waals surface area contributed by atoms with E-state index < -0.39 is 0 Å². The van der Waals surface area contributed by atoms with Crippen LogP contribution in [0.3, 0.4) is 0 Å². The van der Waals surface area contributed by atoms with Gasteiger partial charge in [-0.05, 0) is 41.1 Å². The van der Waals surface area contributed by atoms with Gasteiger partial charge < -0.3 is 4.98 Å². The van der Waals surface area contributed by atoms with E-state index in [1.807, 2.05) is 18.2 Å². The van der Waals surface area contributed by atoms with Gasteiger partial charge in [0.1, 0.15) is 0 Å². The Morgan fingerprint density at radius 2 is 1.44 bits per heavy atom. The van der Waals surface area contributed by atoms with Crippen LogP contribution < -0.4 is 0 Å². The summed E-state index contributed by atoms with van der Waals surface area (Å²) < 4.78 is 0. The lowest BCUT2D eigenvalue weighted by atomic mass is 10.1. The normalized spacial score (nSPS) is 11.6. The lowest BCUT2D eigenvalue weighted by Gasteiger charge is -1.98.